The predicted molar refractivity (Wildman–Crippen MR) is 98.5 cm³/mol. The number of carbonyl (C=O) groups excluding carboxylic acids is 2. The van der Waals surface area contributed by atoms with Crippen molar-refractivity contribution in [3.05, 3.63) is 66.3 Å². The summed E-state index contributed by atoms with van der Waals surface area (Å²) in [6.45, 7) is 0.0420. The van der Waals surface area contributed by atoms with Crippen molar-refractivity contribution in [1.29, 1.82) is 0 Å². The van der Waals surface area contributed by atoms with E-state index in [1.165, 1.54) is 17.0 Å². The molecular weight excluding hydrogens is 363 g/mol. The molecule has 2 amide bonds. The van der Waals surface area contributed by atoms with Crippen LogP contribution >= 0.6 is 0 Å². The van der Waals surface area contributed by atoms with Gasteiger partial charge in [-0.2, -0.15) is 4.98 Å². The quantitative estimate of drug-likeness (QED) is 0.735. The van der Waals surface area contributed by atoms with Crippen LogP contribution < -0.4 is 10.2 Å². The average Bonchev–Trinajstić information content (AvgIpc) is 3.34. The van der Waals surface area contributed by atoms with Crippen LogP contribution in [0.15, 0.2) is 59.1 Å². The number of benzene rings is 2. The van der Waals surface area contributed by atoms with E-state index >= 15 is 0 Å². The van der Waals surface area contributed by atoms with Crippen molar-refractivity contribution < 1.29 is 18.5 Å². The maximum atomic E-state index is 13.0. The van der Waals surface area contributed by atoms with E-state index in [9.17, 15) is 14.0 Å². The van der Waals surface area contributed by atoms with Crippen molar-refractivity contribution in [2.24, 2.45) is 0 Å². The SMILES string of the molecule is O=C(NCc1nc(-c2ccc(F)cc2)no1)C1CCC(=O)N1c1ccccc1. The Morgan fingerprint density at radius 1 is 1.18 bits per heavy atom. The molecule has 28 heavy (non-hydrogen) atoms. The summed E-state index contributed by atoms with van der Waals surface area (Å²) < 4.78 is 18.2. The summed E-state index contributed by atoms with van der Waals surface area (Å²) in [5, 5.41) is 6.59. The summed E-state index contributed by atoms with van der Waals surface area (Å²) in [6, 6.07) is 14.2. The lowest BCUT2D eigenvalue weighted by Crippen LogP contribution is -2.44. The largest absolute Gasteiger partial charge is 0.345 e. The first kappa shape index (κ1) is 17.8. The minimum Gasteiger partial charge on any atom is -0.345 e. The maximum absolute atomic E-state index is 13.0. The van der Waals surface area contributed by atoms with Crippen LogP contribution in [0.1, 0.15) is 18.7 Å². The molecule has 2 aromatic carbocycles. The summed E-state index contributed by atoms with van der Waals surface area (Å²) in [6.07, 6.45) is 0.770. The normalized spacial score (nSPS) is 16.4. The van der Waals surface area contributed by atoms with Crippen LogP contribution in [0.5, 0.6) is 0 Å². The molecule has 1 fully saturated rings. The molecule has 0 saturated carbocycles. The highest BCUT2D eigenvalue weighted by Crippen LogP contribution is 2.26. The number of rotatable bonds is 5. The number of aromatic nitrogens is 2. The second kappa shape index (κ2) is 7.59. The Balaban J connectivity index is 1.42. The second-order valence-corrected chi connectivity index (χ2v) is 6.39. The van der Waals surface area contributed by atoms with E-state index in [0.717, 1.165) is 0 Å². The molecule has 0 aliphatic carbocycles. The zero-order chi connectivity index (χ0) is 19.5. The molecule has 1 saturated heterocycles. The topological polar surface area (TPSA) is 88.3 Å². The van der Waals surface area contributed by atoms with E-state index in [2.05, 4.69) is 15.5 Å². The number of nitrogens with zero attached hydrogens (tertiary/aromatic N) is 3. The van der Waals surface area contributed by atoms with Gasteiger partial charge in [0.1, 0.15) is 11.9 Å². The average molecular weight is 380 g/mol. The molecule has 1 N–H and O–H groups in total. The zero-order valence-electron chi connectivity index (χ0n) is 14.8. The lowest BCUT2D eigenvalue weighted by Gasteiger charge is -2.23. The van der Waals surface area contributed by atoms with Gasteiger partial charge in [-0.25, -0.2) is 4.39 Å². The number of hydrogen-bond donors (Lipinski definition) is 1. The van der Waals surface area contributed by atoms with Gasteiger partial charge >= 0.3 is 0 Å². The number of amides is 2. The van der Waals surface area contributed by atoms with E-state index in [1.807, 2.05) is 18.2 Å². The number of hydrogen-bond acceptors (Lipinski definition) is 5. The van der Waals surface area contributed by atoms with Crippen LogP contribution in [0.4, 0.5) is 10.1 Å². The van der Waals surface area contributed by atoms with Gasteiger partial charge in [-0.1, -0.05) is 23.4 Å². The van der Waals surface area contributed by atoms with E-state index in [-0.39, 0.29) is 30.1 Å². The predicted octanol–water partition coefficient (Wildman–Crippen LogP) is 2.69. The third-order valence-electron chi connectivity index (χ3n) is 4.53. The molecular formula is C20H17FN4O3. The van der Waals surface area contributed by atoms with Crippen molar-refractivity contribution in [3.63, 3.8) is 0 Å². The standard InChI is InChI=1S/C20H17FN4O3/c21-14-8-6-13(7-9-14)19-23-17(28-24-19)12-22-20(27)16-10-11-18(26)25(16)15-4-2-1-3-5-15/h1-9,16H,10-12H2,(H,22,27). The molecule has 3 aromatic rings. The minimum atomic E-state index is -0.575. The third kappa shape index (κ3) is 3.62. The minimum absolute atomic E-state index is 0.0420. The van der Waals surface area contributed by atoms with E-state index in [4.69, 9.17) is 4.52 Å². The Kier molecular flexibility index (Phi) is 4.84. The number of carbonyl (C=O) groups is 2. The van der Waals surface area contributed by atoms with Gasteiger partial charge in [-0.15, -0.1) is 0 Å². The molecule has 7 nitrogen and oxygen atoms in total. The van der Waals surface area contributed by atoms with Crippen molar-refractivity contribution in [1.82, 2.24) is 15.5 Å². The Labute approximate surface area is 160 Å². The zero-order valence-corrected chi connectivity index (χ0v) is 14.8. The van der Waals surface area contributed by atoms with Crippen molar-refractivity contribution in [2.75, 3.05) is 4.90 Å². The molecule has 1 atom stereocenters. The van der Waals surface area contributed by atoms with Gasteiger partial charge in [0.15, 0.2) is 0 Å². The molecule has 142 valence electrons. The van der Waals surface area contributed by atoms with Gasteiger partial charge < -0.3 is 9.84 Å². The summed E-state index contributed by atoms with van der Waals surface area (Å²) >= 11 is 0. The Bertz CT molecular complexity index is 988. The molecule has 0 bridgehead atoms. The molecule has 8 heteroatoms. The van der Waals surface area contributed by atoms with Crippen molar-refractivity contribution in [2.45, 2.75) is 25.4 Å². The van der Waals surface area contributed by atoms with Gasteiger partial charge in [-0.05, 0) is 42.8 Å². The number of para-hydroxylation sites is 1. The monoisotopic (exact) mass is 380 g/mol. The molecule has 1 aliphatic heterocycles. The summed E-state index contributed by atoms with van der Waals surface area (Å²) in [5.74, 6) is -0.178. The van der Waals surface area contributed by atoms with Crippen LogP contribution in [0.2, 0.25) is 0 Å². The number of nitrogens with one attached hydrogen (secondary N) is 1. The lowest BCUT2D eigenvalue weighted by atomic mass is 10.2. The summed E-state index contributed by atoms with van der Waals surface area (Å²) in [5.41, 5.74) is 1.31. The smallest absolute Gasteiger partial charge is 0.246 e. The van der Waals surface area contributed by atoms with Crippen LogP contribution in [-0.2, 0) is 16.1 Å². The first-order chi connectivity index (χ1) is 13.6. The Hall–Kier alpha value is -3.55. The molecule has 4 rings (SSSR count). The summed E-state index contributed by atoms with van der Waals surface area (Å²) in [4.78, 5) is 30.6. The third-order valence-corrected chi connectivity index (χ3v) is 4.53. The number of anilines is 1. The molecule has 2 heterocycles. The van der Waals surface area contributed by atoms with Gasteiger partial charge in [0.25, 0.3) is 0 Å². The highest BCUT2D eigenvalue weighted by Gasteiger charge is 2.37. The number of halogens is 1. The van der Waals surface area contributed by atoms with Crippen molar-refractivity contribution in [3.8, 4) is 11.4 Å². The molecule has 1 aromatic heterocycles. The Morgan fingerprint density at radius 2 is 1.93 bits per heavy atom. The lowest BCUT2D eigenvalue weighted by molar-refractivity contribution is -0.124. The van der Waals surface area contributed by atoms with E-state index in [0.29, 0.717) is 29.9 Å². The van der Waals surface area contributed by atoms with Crippen LogP contribution in [0, 0.1) is 5.82 Å². The van der Waals surface area contributed by atoms with Gasteiger partial charge in [0.2, 0.25) is 23.5 Å². The van der Waals surface area contributed by atoms with Crippen LogP contribution in [0.25, 0.3) is 11.4 Å². The van der Waals surface area contributed by atoms with Crippen LogP contribution in [0.3, 0.4) is 0 Å². The molecule has 0 spiro atoms. The molecule has 0 radical (unpaired) electrons. The van der Waals surface area contributed by atoms with Gasteiger partial charge in [0, 0.05) is 17.7 Å². The highest BCUT2D eigenvalue weighted by atomic mass is 19.1. The summed E-state index contributed by atoms with van der Waals surface area (Å²) in [7, 11) is 0. The van der Waals surface area contributed by atoms with Crippen molar-refractivity contribution >= 4 is 17.5 Å². The fourth-order valence-electron chi connectivity index (χ4n) is 3.17. The first-order valence-electron chi connectivity index (χ1n) is 8.85. The Morgan fingerprint density at radius 3 is 2.68 bits per heavy atom. The maximum Gasteiger partial charge on any atom is 0.246 e. The second-order valence-electron chi connectivity index (χ2n) is 6.39. The fraction of sp³-hybridized carbons (Fsp3) is 0.200. The van der Waals surface area contributed by atoms with Gasteiger partial charge in [-0.3, -0.25) is 14.5 Å². The van der Waals surface area contributed by atoms with Crippen LogP contribution in [-0.4, -0.2) is 28.0 Å². The highest BCUT2D eigenvalue weighted by molar-refractivity contribution is 6.03. The molecule has 1 unspecified atom stereocenters. The van der Waals surface area contributed by atoms with Gasteiger partial charge in [0.05, 0.1) is 6.54 Å². The van der Waals surface area contributed by atoms with E-state index in [1.54, 1.807) is 24.3 Å². The molecule has 1 aliphatic rings. The van der Waals surface area contributed by atoms with E-state index < -0.39 is 6.04 Å². The fourth-order valence-corrected chi connectivity index (χ4v) is 3.17. The first-order valence-corrected chi connectivity index (χ1v) is 8.85.